The highest BCUT2D eigenvalue weighted by atomic mass is 16.5. The molecule has 0 N–H and O–H groups in total. The van der Waals surface area contributed by atoms with Crippen LogP contribution in [0.3, 0.4) is 0 Å². The third-order valence-electron chi connectivity index (χ3n) is 5.10. The summed E-state index contributed by atoms with van der Waals surface area (Å²) in [4.78, 5) is 13.4. The minimum atomic E-state index is -0.895. The summed E-state index contributed by atoms with van der Waals surface area (Å²) < 4.78 is 5.39. The lowest BCUT2D eigenvalue weighted by Crippen LogP contribution is -2.43. The third kappa shape index (κ3) is 3.03. The molecule has 3 aromatic carbocycles. The van der Waals surface area contributed by atoms with Crippen molar-refractivity contribution in [1.29, 1.82) is 0 Å². The molecule has 0 aliphatic carbocycles. The van der Waals surface area contributed by atoms with E-state index >= 15 is 0 Å². The average molecular weight is 344 g/mol. The zero-order valence-electron chi connectivity index (χ0n) is 15.3. The summed E-state index contributed by atoms with van der Waals surface area (Å²) in [6, 6.07) is 30.2. The highest BCUT2D eigenvalue weighted by molar-refractivity contribution is 5.89. The van der Waals surface area contributed by atoms with Crippen molar-refractivity contribution in [2.24, 2.45) is 0 Å². The van der Waals surface area contributed by atoms with Crippen molar-refractivity contribution >= 4 is 5.97 Å². The highest BCUT2D eigenvalue weighted by Gasteiger charge is 2.49. The second-order valence-corrected chi connectivity index (χ2v) is 6.40. The van der Waals surface area contributed by atoms with E-state index < -0.39 is 5.41 Å². The van der Waals surface area contributed by atoms with E-state index in [0.29, 0.717) is 0 Å². The van der Waals surface area contributed by atoms with Crippen molar-refractivity contribution in [2.45, 2.75) is 24.7 Å². The van der Waals surface area contributed by atoms with Gasteiger partial charge in [0.2, 0.25) is 0 Å². The molecule has 0 aromatic heterocycles. The number of carbonyl (C=O) groups is 1. The number of rotatable bonds is 6. The van der Waals surface area contributed by atoms with Gasteiger partial charge >= 0.3 is 5.97 Å². The Morgan fingerprint density at radius 1 is 0.808 bits per heavy atom. The van der Waals surface area contributed by atoms with Gasteiger partial charge in [0.1, 0.15) is 5.41 Å². The Morgan fingerprint density at radius 3 is 1.62 bits per heavy atom. The summed E-state index contributed by atoms with van der Waals surface area (Å²) in [5, 5.41) is 0. The minimum Gasteiger partial charge on any atom is -0.468 e. The Kier molecular flexibility index (Phi) is 5.52. The maximum atomic E-state index is 13.4. The topological polar surface area (TPSA) is 26.3 Å². The first-order valence-electron chi connectivity index (χ1n) is 8.99. The number of esters is 1. The Bertz CT molecular complexity index is 786. The van der Waals surface area contributed by atoms with E-state index in [4.69, 9.17) is 4.74 Å². The van der Waals surface area contributed by atoms with Crippen LogP contribution in [-0.2, 0) is 14.9 Å². The number of carbonyl (C=O) groups excluding carboxylic acids is 1. The van der Waals surface area contributed by atoms with Gasteiger partial charge in [-0.15, -0.1) is 0 Å². The Labute approximate surface area is 155 Å². The zero-order chi connectivity index (χ0) is 18.4. The molecule has 2 heteroatoms. The van der Waals surface area contributed by atoms with E-state index in [-0.39, 0.29) is 11.9 Å². The molecule has 3 rings (SSSR count). The lowest BCUT2D eigenvalue weighted by molar-refractivity contribution is -0.146. The third-order valence-corrected chi connectivity index (χ3v) is 5.10. The molecule has 3 aromatic rings. The number of benzene rings is 3. The van der Waals surface area contributed by atoms with E-state index in [1.165, 1.54) is 7.11 Å². The fourth-order valence-electron chi connectivity index (χ4n) is 3.99. The summed E-state index contributed by atoms with van der Waals surface area (Å²) in [6.07, 6.45) is 0.808. The smallest absolute Gasteiger partial charge is 0.321 e. The summed E-state index contributed by atoms with van der Waals surface area (Å²) in [6.45, 7) is 2.13. The quantitative estimate of drug-likeness (QED) is 0.564. The molecule has 1 atom stereocenters. The van der Waals surface area contributed by atoms with Crippen molar-refractivity contribution in [1.82, 2.24) is 0 Å². The van der Waals surface area contributed by atoms with Gasteiger partial charge in [-0.1, -0.05) is 97.9 Å². The second-order valence-electron chi connectivity index (χ2n) is 6.40. The minimum absolute atomic E-state index is 0.0408. The van der Waals surface area contributed by atoms with Crippen molar-refractivity contribution in [3.8, 4) is 0 Å². The molecule has 0 spiro atoms. The summed E-state index contributed by atoms with van der Waals surface area (Å²) >= 11 is 0. The van der Waals surface area contributed by atoms with E-state index in [9.17, 15) is 4.79 Å². The van der Waals surface area contributed by atoms with Crippen molar-refractivity contribution in [3.05, 3.63) is 108 Å². The fourth-order valence-corrected chi connectivity index (χ4v) is 3.99. The molecule has 0 unspecified atom stereocenters. The first-order chi connectivity index (χ1) is 12.7. The normalized spacial score (nSPS) is 12.4. The Morgan fingerprint density at radius 2 is 1.23 bits per heavy atom. The molecule has 26 heavy (non-hydrogen) atoms. The van der Waals surface area contributed by atoms with Gasteiger partial charge in [0.25, 0.3) is 0 Å². The van der Waals surface area contributed by atoms with Gasteiger partial charge in [0.15, 0.2) is 0 Å². The summed E-state index contributed by atoms with van der Waals surface area (Å²) in [7, 11) is 1.47. The van der Waals surface area contributed by atoms with Crippen LogP contribution < -0.4 is 0 Å². The first kappa shape index (κ1) is 17.9. The Hall–Kier alpha value is -2.87. The van der Waals surface area contributed by atoms with Gasteiger partial charge in [-0.3, -0.25) is 4.79 Å². The first-order valence-corrected chi connectivity index (χ1v) is 8.99. The molecule has 0 amide bonds. The van der Waals surface area contributed by atoms with Crippen LogP contribution in [0.25, 0.3) is 0 Å². The molecule has 0 saturated heterocycles. The molecule has 0 fully saturated rings. The lowest BCUT2D eigenvalue weighted by atomic mass is 9.62. The van der Waals surface area contributed by atoms with Crippen molar-refractivity contribution in [3.63, 3.8) is 0 Å². The van der Waals surface area contributed by atoms with Crippen LogP contribution in [0.4, 0.5) is 0 Å². The number of ether oxygens (including phenoxy) is 1. The van der Waals surface area contributed by atoms with Gasteiger partial charge in [-0.25, -0.2) is 0 Å². The molecular weight excluding hydrogens is 320 g/mol. The molecule has 0 bridgehead atoms. The average Bonchev–Trinajstić information content (AvgIpc) is 2.73. The van der Waals surface area contributed by atoms with Crippen LogP contribution in [-0.4, -0.2) is 13.1 Å². The summed E-state index contributed by atoms with van der Waals surface area (Å²) in [5.41, 5.74) is 2.14. The molecule has 0 heterocycles. The lowest BCUT2D eigenvalue weighted by Gasteiger charge is -2.39. The van der Waals surface area contributed by atoms with Crippen molar-refractivity contribution in [2.75, 3.05) is 7.11 Å². The van der Waals surface area contributed by atoms with Gasteiger partial charge < -0.3 is 4.74 Å². The standard InChI is InChI=1S/C24H24O2/c1-3-22(19-13-7-4-8-14-19)24(23(25)26-2,20-15-9-5-10-16-20)21-17-11-6-12-18-21/h4-18,22H,3H2,1-2H3/t22-/m1/s1. The SMILES string of the molecule is CC[C@H](c1ccccc1)C(C(=O)OC)(c1ccccc1)c1ccccc1. The van der Waals surface area contributed by atoms with E-state index in [0.717, 1.165) is 23.1 Å². The predicted octanol–water partition coefficient (Wildman–Crippen LogP) is 5.34. The number of hydrogen-bond donors (Lipinski definition) is 0. The molecule has 0 aliphatic heterocycles. The molecule has 0 saturated carbocycles. The fraction of sp³-hybridized carbons (Fsp3) is 0.208. The van der Waals surface area contributed by atoms with Gasteiger partial charge in [-0.2, -0.15) is 0 Å². The largest absolute Gasteiger partial charge is 0.468 e. The Balaban J connectivity index is 2.35. The van der Waals surface area contributed by atoms with Crippen LogP contribution in [0, 0.1) is 0 Å². The number of hydrogen-bond acceptors (Lipinski definition) is 2. The molecule has 0 radical (unpaired) electrons. The molecule has 132 valence electrons. The van der Waals surface area contributed by atoms with Crippen LogP contribution in [0.15, 0.2) is 91.0 Å². The van der Waals surface area contributed by atoms with Crippen LogP contribution >= 0.6 is 0 Å². The molecule has 2 nitrogen and oxygen atoms in total. The summed E-state index contributed by atoms with van der Waals surface area (Å²) in [5.74, 6) is -0.272. The molecular formula is C24H24O2. The maximum Gasteiger partial charge on any atom is 0.321 e. The van der Waals surface area contributed by atoms with E-state index in [1.807, 2.05) is 78.9 Å². The highest BCUT2D eigenvalue weighted by Crippen LogP contribution is 2.47. The second kappa shape index (κ2) is 8.01. The zero-order valence-corrected chi connectivity index (χ0v) is 15.3. The molecule has 0 aliphatic rings. The van der Waals surface area contributed by atoms with E-state index in [1.54, 1.807) is 0 Å². The van der Waals surface area contributed by atoms with E-state index in [2.05, 4.69) is 19.1 Å². The van der Waals surface area contributed by atoms with Crippen LogP contribution in [0.1, 0.15) is 36.0 Å². The van der Waals surface area contributed by atoms with Gasteiger partial charge in [0, 0.05) is 5.92 Å². The van der Waals surface area contributed by atoms with Crippen LogP contribution in [0.2, 0.25) is 0 Å². The van der Waals surface area contributed by atoms with Crippen molar-refractivity contribution < 1.29 is 9.53 Å². The van der Waals surface area contributed by atoms with Gasteiger partial charge in [0.05, 0.1) is 7.11 Å². The number of methoxy groups -OCH3 is 1. The maximum absolute atomic E-state index is 13.4. The van der Waals surface area contributed by atoms with Crippen LogP contribution in [0.5, 0.6) is 0 Å². The predicted molar refractivity (Wildman–Crippen MR) is 105 cm³/mol. The monoisotopic (exact) mass is 344 g/mol. The van der Waals surface area contributed by atoms with Gasteiger partial charge in [-0.05, 0) is 23.1 Å².